The molecule has 2 rings (SSSR count). The summed E-state index contributed by atoms with van der Waals surface area (Å²) in [6, 6.07) is 11.4. The van der Waals surface area contributed by atoms with Crippen LogP contribution in [0.5, 0.6) is 5.75 Å². The normalized spacial score (nSPS) is 10.1. The predicted octanol–water partition coefficient (Wildman–Crippen LogP) is 2.97. The van der Waals surface area contributed by atoms with Crippen molar-refractivity contribution in [3.63, 3.8) is 0 Å². The van der Waals surface area contributed by atoms with Gasteiger partial charge in [-0.1, -0.05) is 25.1 Å². The molecule has 0 bridgehead atoms. The van der Waals surface area contributed by atoms with Crippen LogP contribution in [0.2, 0.25) is 0 Å². The predicted molar refractivity (Wildman–Crippen MR) is 78.9 cm³/mol. The van der Waals surface area contributed by atoms with E-state index in [-0.39, 0.29) is 12.5 Å². The second-order valence-corrected chi connectivity index (χ2v) is 4.56. The second kappa shape index (κ2) is 6.70. The van der Waals surface area contributed by atoms with E-state index in [9.17, 15) is 4.79 Å². The van der Waals surface area contributed by atoms with Crippen LogP contribution in [0.3, 0.4) is 0 Å². The Balaban J connectivity index is 1.87. The first-order valence-electron chi connectivity index (χ1n) is 6.61. The third kappa shape index (κ3) is 4.09. The number of carbonyl (C=O) groups is 1. The molecule has 0 aliphatic carbocycles. The Hall–Kier alpha value is -2.36. The smallest absolute Gasteiger partial charge is 0.263 e. The first kappa shape index (κ1) is 14.1. The lowest BCUT2D eigenvalue weighted by Crippen LogP contribution is -2.20. The molecule has 1 aromatic carbocycles. The van der Waals surface area contributed by atoms with Crippen LogP contribution in [0.25, 0.3) is 0 Å². The Morgan fingerprint density at radius 1 is 1.30 bits per heavy atom. The number of nitrogens with one attached hydrogen (secondary N) is 1. The number of nitrogens with zero attached hydrogens (tertiary/aromatic N) is 1. The van der Waals surface area contributed by atoms with Crippen LogP contribution in [-0.4, -0.2) is 17.5 Å². The molecule has 1 heterocycles. The maximum Gasteiger partial charge on any atom is 0.263 e. The molecule has 0 saturated carbocycles. The fourth-order valence-corrected chi connectivity index (χ4v) is 1.72. The minimum absolute atomic E-state index is 0.0251. The quantitative estimate of drug-likeness (QED) is 0.908. The fraction of sp³-hybridized carbons (Fsp3) is 0.250. The van der Waals surface area contributed by atoms with E-state index in [0.29, 0.717) is 11.6 Å². The largest absolute Gasteiger partial charge is 0.484 e. The van der Waals surface area contributed by atoms with Gasteiger partial charge in [-0.15, -0.1) is 0 Å². The summed E-state index contributed by atoms with van der Waals surface area (Å²) >= 11 is 0. The number of rotatable bonds is 5. The van der Waals surface area contributed by atoms with E-state index < -0.39 is 0 Å². The molecule has 1 N–H and O–H groups in total. The van der Waals surface area contributed by atoms with Gasteiger partial charge in [0.05, 0.1) is 0 Å². The van der Waals surface area contributed by atoms with Crippen molar-refractivity contribution in [3.05, 3.63) is 53.7 Å². The summed E-state index contributed by atoms with van der Waals surface area (Å²) in [5.74, 6) is 1.02. The first-order chi connectivity index (χ1) is 9.67. The highest BCUT2D eigenvalue weighted by Gasteiger charge is 2.04. The van der Waals surface area contributed by atoms with Crippen molar-refractivity contribution in [2.24, 2.45) is 0 Å². The molecule has 0 aliphatic rings. The highest BCUT2D eigenvalue weighted by molar-refractivity contribution is 5.90. The Bertz CT molecular complexity index is 579. The maximum absolute atomic E-state index is 11.7. The van der Waals surface area contributed by atoms with Crippen LogP contribution in [0.1, 0.15) is 18.1 Å². The summed E-state index contributed by atoms with van der Waals surface area (Å²) in [6.07, 6.45) is 2.65. The highest BCUT2D eigenvalue weighted by Crippen LogP contribution is 2.13. The van der Waals surface area contributed by atoms with Gasteiger partial charge in [0.1, 0.15) is 11.6 Å². The van der Waals surface area contributed by atoms with Gasteiger partial charge in [-0.05, 0) is 42.7 Å². The molecule has 0 radical (unpaired) electrons. The number of aromatic nitrogens is 1. The van der Waals surface area contributed by atoms with Crippen molar-refractivity contribution in [1.29, 1.82) is 0 Å². The van der Waals surface area contributed by atoms with Crippen molar-refractivity contribution < 1.29 is 9.53 Å². The topological polar surface area (TPSA) is 51.2 Å². The van der Waals surface area contributed by atoms with E-state index in [1.165, 1.54) is 5.56 Å². The van der Waals surface area contributed by atoms with Crippen LogP contribution in [0.4, 0.5) is 5.82 Å². The molecule has 20 heavy (non-hydrogen) atoms. The zero-order chi connectivity index (χ0) is 14.4. The number of pyridine rings is 1. The highest BCUT2D eigenvalue weighted by atomic mass is 16.5. The molecule has 0 saturated heterocycles. The van der Waals surface area contributed by atoms with Gasteiger partial charge in [0, 0.05) is 6.20 Å². The Kier molecular flexibility index (Phi) is 4.71. The van der Waals surface area contributed by atoms with Crippen molar-refractivity contribution in [1.82, 2.24) is 4.98 Å². The molecule has 0 unspecified atom stereocenters. The molecule has 1 aromatic heterocycles. The summed E-state index contributed by atoms with van der Waals surface area (Å²) in [6.45, 7) is 4.00. The van der Waals surface area contributed by atoms with Crippen molar-refractivity contribution in [2.75, 3.05) is 11.9 Å². The molecule has 0 aliphatic heterocycles. The molecule has 4 heteroatoms. The number of aryl methyl sites for hydroxylation is 2. The minimum atomic E-state index is -0.219. The zero-order valence-electron chi connectivity index (χ0n) is 11.7. The lowest BCUT2D eigenvalue weighted by molar-refractivity contribution is -0.118. The van der Waals surface area contributed by atoms with E-state index in [1.807, 2.05) is 37.3 Å². The van der Waals surface area contributed by atoms with Crippen LogP contribution in [0, 0.1) is 6.92 Å². The number of hydrogen-bond donors (Lipinski definition) is 1. The number of anilines is 1. The number of carbonyl (C=O) groups excluding carboxylic acids is 1. The SMILES string of the molecule is CCc1cccc(OCC(=O)Nc2ccc(C)cn2)c1. The van der Waals surface area contributed by atoms with Crippen LogP contribution in [-0.2, 0) is 11.2 Å². The van der Waals surface area contributed by atoms with Crippen molar-refractivity contribution in [3.8, 4) is 5.75 Å². The van der Waals surface area contributed by atoms with Gasteiger partial charge in [0.15, 0.2) is 6.61 Å². The number of amides is 1. The summed E-state index contributed by atoms with van der Waals surface area (Å²) < 4.78 is 5.47. The van der Waals surface area contributed by atoms with E-state index in [2.05, 4.69) is 17.2 Å². The van der Waals surface area contributed by atoms with Gasteiger partial charge in [0.25, 0.3) is 5.91 Å². The van der Waals surface area contributed by atoms with Gasteiger partial charge in [-0.2, -0.15) is 0 Å². The van der Waals surface area contributed by atoms with Crippen LogP contribution >= 0.6 is 0 Å². The third-order valence-electron chi connectivity index (χ3n) is 2.86. The summed E-state index contributed by atoms with van der Waals surface area (Å²) in [4.78, 5) is 15.9. The van der Waals surface area contributed by atoms with Crippen LogP contribution < -0.4 is 10.1 Å². The molecule has 4 nitrogen and oxygen atoms in total. The van der Waals surface area contributed by atoms with Gasteiger partial charge < -0.3 is 10.1 Å². The van der Waals surface area contributed by atoms with E-state index in [0.717, 1.165) is 12.0 Å². The summed E-state index contributed by atoms with van der Waals surface area (Å²) in [5.41, 5.74) is 2.23. The first-order valence-corrected chi connectivity index (χ1v) is 6.61. The number of benzene rings is 1. The maximum atomic E-state index is 11.7. The molecule has 0 atom stereocenters. The lowest BCUT2D eigenvalue weighted by Gasteiger charge is -2.08. The molecule has 104 valence electrons. The lowest BCUT2D eigenvalue weighted by atomic mass is 10.2. The van der Waals surface area contributed by atoms with Gasteiger partial charge in [0.2, 0.25) is 0 Å². The average Bonchev–Trinajstić information content (AvgIpc) is 2.48. The van der Waals surface area contributed by atoms with E-state index >= 15 is 0 Å². The monoisotopic (exact) mass is 270 g/mol. The van der Waals surface area contributed by atoms with Gasteiger partial charge >= 0.3 is 0 Å². The molecule has 1 amide bonds. The zero-order valence-corrected chi connectivity index (χ0v) is 11.7. The Morgan fingerprint density at radius 2 is 2.15 bits per heavy atom. The Labute approximate surface area is 118 Å². The van der Waals surface area contributed by atoms with Gasteiger partial charge in [-0.25, -0.2) is 4.98 Å². The van der Waals surface area contributed by atoms with Gasteiger partial charge in [-0.3, -0.25) is 4.79 Å². The number of hydrogen-bond acceptors (Lipinski definition) is 3. The third-order valence-corrected chi connectivity index (χ3v) is 2.86. The molecule has 0 spiro atoms. The Morgan fingerprint density at radius 3 is 2.85 bits per heavy atom. The second-order valence-electron chi connectivity index (χ2n) is 4.56. The van der Waals surface area contributed by atoms with E-state index in [1.54, 1.807) is 12.3 Å². The molecule has 2 aromatic rings. The minimum Gasteiger partial charge on any atom is -0.484 e. The average molecular weight is 270 g/mol. The molecular formula is C16H18N2O2. The standard InChI is InChI=1S/C16H18N2O2/c1-3-13-5-4-6-14(9-13)20-11-16(19)18-15-8-7-12(2)10-17-15/h4-10H,3,11H2,1-2H3,(H,17,18,19). The van der Waals surface area contributed by atoms with Crippen molar-refractivity contribution in [2.45, 2.75) is 20.3 Å². The number of ether oxygens (including phenoxy) is 1. The molecule has 0 fully saturated rings. The van der Waals surface area contributed by atoms with Crippen LogP contribution in [0.15, 0.2) is 42.6 Å². The van der Waals surface area contributed by atoms with Crippen molar-refractivity contribution >= 4 is 11.7 Å². The van der Waals surface area contributed by atoms with E-state index in [4.69, 9.17) is 4.74 Å². The summed E-state index contributed by atoms with van der Waals surface area (Å²) in [5, 5.41) is 2.69. The summed E-state index contributed by atoms with van der Waals surface area (Å²) in [7, 11) is 0. The fourth-order valence-electron chi connectivity index (χ4n) is 1.72. The molecular weight excluding hydrogens is 252 g/mol.